The molecule has 0 aliphatic heterocycles. The van der Waals surface area contributed by atoms with Gasteiger partial charge in [0.25, 0.3) is 5.91 Å². The van der Waals surface area contributed by atoms with Gasteiger partial charge in [-0.05, 0) is 35.0 Å². The van der Waals surface area contributed by atoms with E-state index in [9.17, 15) is 9.59 Å². The van der Waals surface area contributed by atoms with Gasteiger partial charge in [0, 0.05) is 7.05 Å². The summed E-state index contributed by atoms with van der Waals surface area (Å²) in [6.45, 7) is 1.59. The highest BCUT2D eigenvalue weighted by atomic mass is 79.9. The SMILES string of the molecule is CNC(=O)C(C)NC(=O)c1ccc(Br)o1. The lowest BCUT2D eigenvalue weighted by Crippen LogP contribution is -2.43. The Bertz CT molecular complexity index is 375. The first kappa shape index (κ1) is 11.8. The summed E-state index contributed by atoms with van der Waals surface area (Å²) in [6.07, 6.45) is 0. The van der Waals surface area contributed by atoms with E-state index in [-0.39, 0.29) is 11.7 Å². The van der Waals surface area contributed by atoms with Crippen molar-refractivity contribution in [1.29, 1.82) is 0 Å². The van der Waals surface area contributed by atoms with E-state index in [4.69, 9.17) is 4.42 Å². The van der Waals surface area contributed by atoms with Crippen LogP contribution in [0.2, 0.25) is 0 Å². The van der Waals surface area contributed by atoms with Crippen LogP contribution in [0.3, 0.4) is 0 Å². The Labute approximate surface area is 95.3 Å². The summed E-state index contributed by atoms with van der Waals surface area (Å²) in [5, 5.41) is 4.93. The molecule has 6 heteroatoms. The molecule has 0 aliphatic carbocycles. The van der Waals surface area contributed by atoms with Crippen molar-refractivity contribution >= 4 is 27.7 Å². The number of likely N-dealkylation sites (N-methyl/N-ethyl adjacent to an activating group) is 1. The van der Waals surface area contributed by atoms with E-state index in [0.29, 0.717) is 4.67 Å². The van der Waals surface area contributed by atoms with Crippen LogP contribution in [0.25, 0.3) is 0 Å². The second-order valence-electron chi connectivity index (χ2n) is 2.91. The molecule has 1 aromatic rings. The maximum Gasteiger partial charge on any atom is 0.287 e. The lowest BCUT2D eigenvalue weighted by molar-refractivity contribution is -0.122. The highest BCUT2D eigenvalue weighted by Gasteiger charge is 2.17. The molecule has 82 valence electrons. The molecule has 1 unspecified atom stereocenters. The summed E-state index contributed by atoms with van der Waals surface area (Å²) < 4.78 is 5.50. The van der Waals surface area contributed by atoms with Crippen LogP contribution >= 0.6 is 15.9 Å². The van der Waals surface area contributed by atoms with Crippen molar-refractivity contribution in [1.82, 2.24) is 10.6 Å². The Morgan fingerprint density at radius 2 is 2.13 bits per heavy atom. The van der Waals surface area contributed by atoms with Crippen molar-refractivity contribution in [2.45, 2.75) is 13.0 Å². The zero-order valence-corrected chi connectivity index (χ0v) is 9.92. The molecule has 2 amide bonds. The van der Waals surface area contributed by atoms with E-state index in [2.05, 4.69) is 26.6 Å². The van der Waals surface area contributed by atoms with Crippen LogP contribution in [0.5, 0.6) is 0 Å². The number of nitrogens with one attached hydrogen (secondary N) is 2. The van der Waals surface area contributed by atoms with Crippen LogP contribution in [-0.4, -0.2) is 24.9 Å². The molecular weight excluding hydrogens is 264 g/mol. The van der Waals surface area contributed by atoms with Gasteiger partial charge in [-0.1, -0.05) is 0 Å². The Balaban J connectivity index is 2.60. The van der Waals surface area contributed by atoms with Crippen molar-refractivity contribution < 1.29 is 14.0 Å². The number of hydrogen-bond acceptors (Lipinski definition) is 3. The van der Waals surface area contributed by atoms with Crippen molar-refractivity contribution in [2.75, 3.05) is 7.05 Å². The summed E-state index contributed by atoms with van der Waals surface area (Å²) in [4.78, 5) is 22.6. The minimum atomic E-state index is -0.591. The van der Waals surface area contributed by atoms with E-state index < -0.39 is 11.9 Å². The molecule has 1 aromatic heterocycles. The molecule has 0 aromatic carbocycles. The second kappa shape index (κ2) is 4.97. The average molecular weight is 275 g/mol. The molecule has 1 heterocycles. The zero-order chi connectivity index (χ0) is 11.4. The molecule has 0 radical (unpaired) electrons. The summed E-state index contributed by atoms with van der Waals surface area (Å²) in [5.74, 6) is -0.511. The fourth-order valence-corrected chi connectivity index (χ4v) is 1.29. The van der Waals surface area contributed by atoms with E-state index in [1.54, 1.807) is 13.0 Å². The number of rotatable bonds is 3. The van der Waals surface area contributed by atoms with E-state index in [1.165, 1.54) is 13.1 Å². The first-order valence-corrected chi connectivity index (χ1v) is 5.11. The average Bonchev–Trinajstić information content (AvgIpc) is 2.63. The minimum Gasteiger partial charge on any atom is -0.444 e. The van der Waals surface area contributed by atoms with Gasteiger partial charge in [0.05, 0.1) is 0 Å². The predicted molar refractivity (Wildman–Crippen MR) is 57.4 cm³/mol. The molecule has 0 saturated heterocycles. The molecule has 1 rings (SSSR count). The van der Waals surface area contributed by atoms with E-state index in [1.807, 2.05) is 0 Å². The van der Waals surface area contributed by atoms with Crippen molar-refractivity contribution in [2.24, 2.45) is 0 Å². The molecule has 0 aliphatic rings. The molecule has 5 nitrogen and oxygen atoms in total. The Kier molecular flexibility index (Phi) is 3.90. The smallest absolute Gasteiger partial charge is 0.287 e. The van der Waals surface area contributed by atoms with Gasteiger partial charge < -0.3 is 15.1 Å². The zero-order valence-electron chi connectivity index (χ0n) is 8.33. The number of carbonyl (C=O) groups is 2. The molecule has 0 saturated carbocycles. The number of hydrogen-bond donors (Lipinski definition) is 2. The summed E-state index contributed by atoms with van der Waals surface area (Å²) in [5.41, 5.74) is 0. The maximum absolute atomic E-state index is 11.5. The van der Waals surface area contributed by atoms with Crippen LogP contribution in [0.1, 0.15) is 17.5 Å². The number of carbonyl (C=O) groups excluding carboxylic acids is 2. The predicted octanol–water partition coefficient (Wildman–Crippen LogP) is 0.906. The molecule has 0 bridgehead atoms. The normalized spacial score (nSPS) is 11.9. The quantitative estimate of drug-likeness (QED) is 0.861. The number of halogens is 1. The molecular formula is C9H11BrN2O3. The van der Waals surface area contributed by atoms with Crippen LogP contribution in [-0.2, 0) is 4.79 Å². The molecule has 0 fully saturated rings. The largest absolute Gasteiger partial charge is 0.444 e. The van der Waals surface area contributed by atoms with Crippen LogP contribution < -0.4 is 10.6 Å². The standard InChI is InChI=1S/C9H11BrN2O3/c1-5(8(13)11-2)12-9(14)6-3-4-7(10)15-6/h3-5H,1-2H3,(H,11,13)(H,12,14). The van der Waals surface area contributed by atoms with E-state index >= 15 is 0 Å². The van der Waals surface area contributed by atoms with Crippen LogP contribution in [0.4, 0.5) is 0 Å². The number of furan rings is 1. The van der Waals surface area contributed by atoms with Gasteiger partial charge in [0.2, 0.25) is 5.91 Å². The third-order valence-corrected chi connectivity index (χ3v) is 2.21. The van der Waals surface area contributed by atoms with Crippen LogP contribution in [0, 0.1) is 0 Å². The fourth-order valence-electron chi connectivity index (χ4n) is 0.986. The van der Waals surface area contributed by atoms with Gasteiger partial charge in [0.15, 0.2) is 10.4 Å². The lowest BCUT2D eigenvalue weighted by atomic mass is 10.3. The summed E-state index contributed by atoms with van der Waals surface area (Å²) in [6, 6.07) is 2.54. The van der Waals surface area contributed by atoms with Gasteiger partial charge in [-0.15, -0.1) is 0 Å². The fraction of sp³-hybridized carbons (Fsp3) is 0.333. The summed E-state index contributed by atoms with van der Waals surface area (Å²) >= 11 is 3.08. The van der Waals surface area contributed by atoms with Gasteiger partial charge in [0.1, 0.15) is 6.04 Å². The third kappa shape index (κ3) is 3.09. The van der Waals surface area contributed by atoms with Crippen molar-refractivity contribution in [3.63, 3.8) is 0 Å². The van der Waals surface area contributed by atoms with Gasteiger partial charge in [-0.25, -0.2) is 0 Å². The number of amides is 2. The van der Waals surface area contributed by atoms with Gasteiger partial charge in [-0.3, -0.25) is 9.59 Å². The summed E-state index contributed by atoms with van der Waals surface area (Å²) in [7, 11) is 1.51. The Morgan fingerprint density at radius 1 is 1.47 bits per heavy atom. The first-order chi connectivity index (χ1) is 7.04. The first-order valence-electron chi connectivity index (χ1n) is 4.32. The monoisotopic (exact) mass is 274 g/mol. The maximum atomic E-state index is 11.5. The molecule has 0 spiro atoms. The molecule has 1 atom stereocenters. The van der Waals surface area contributed by atoms with Gasteiger partial charge in [-0.2, -0.15) is 0 Å². The highest BCUT2D eigenvalue weighted by molar-refractivity contribution is 9.10. The van der Waals surface area contributed by atoms with Gasteiger partial charge >= 0.3 is 0 Å². The molecule has 2 N–H and O–H groups in total. The topological polar surface area (TPSA) is 71.3 Å². The Hall–Kier alpha value is -1.30. The van der Waals surface area contributed by atoms with Crippen molar-refractivity contribution in [3.8, 4) is 0 Å². The minimum absolute atomic E-state index is 0.164. The molecule has 15 heavy (non-hydrogen) atoms. The Morgan fingerprint density at radius 3 is 2.60 bits per heavy atom. The van der Waals surface area contributed by atoms with Crippen molar-refractivity contribution in [3.05, 3.63) is 22.6 Å². The van der Waals surface area contributed by atoms with E-state index in [0.717, 1.165) is 0 Å². The lowest BCUT2D eigenvalue weighted by Gasteiger charge is -2.10. The van der Waals surface area contributed by atoms with Crippen LogP contribution in [0.15, 0.2) is 21.2 Å². The second-order valence-corrected chi connectivity index (χ2v) is 3.69. The highest BCUT2D eigenvalue weighted by Crippen LogP contribution is 2.13. The third-order valence-electron chi connectivity index (χ3n) is 1.78.